The first-order chi connectivity index (χ1) is 10.3. The van der Waals surface area contributed by atoms with Crippen molar-refractivity contribution in [1.82, 2.24) is 25.5 Å². The maximum atomic E-state index is 11.8. The van der Waals surface area contributed by atoms with Crippen LogP contribution in [-0.2, 0) is 17.9 Å². The van der Waals surface area contributed by atoms with Crippen molar-refractivity contribution < 1.29 is 9.90 Å². The highest BCUT2D eigenvalue weighted by molar-refractivity contribution is 5.75. The maximum absolute atomic E-state index is 11.8. The number of aliphatic hydroxyl groups excluding tert-OH is 1. The van der Waals surface area contributed by atoms with Crippen molar-refractivity contribution in [3.8, 4) is 11.8 Å². The van der Waals surface area contributed by atoms with Gasteiger partial charge in [-0.15, -0.1) is 5.10 Å². The lowest BCUT2D eigenvalue weighted by Crippen LogP contribution is -2.27. The molecule has 7 nitrogen and oxygen atoms in total. The Morgan fingerprint density at radius 3 is 3.00 bits per heavy atom. The molecule has 0 bridgehead atoms. The normalized spacial score (nSPS) is 9.76. The van der Waals surface area contributed by atoms with Gasteiger partial charge in [0.25, 0.3) is 0 Å². The summed E-state index contributed by atoms with van der Waals surface area (Å²) in [5.74, 6) is 5.68. The molecule has 108 valence electrons. The molecule has 0 aliphatic rings. The first kappa shape index (κ1) is 14.7. The fourth-order valence-electron chi connectivity index (χ4n) is 1.66. The second kappa shape index (κ2) is 7.77. The van der Waals surface area contributed by atoms with E-state index in [1.807, 2.05) is 24.3 Å². The number of hydrogen-bond donors (Lipinski definition) is 2. The number of aliphatic hydroxyl groups is 1. The first-order valence-electron chi connectivity index (χ1n) is 6.44. The molecule has 1 heterocycles. The highest BCUT2D eigenvalue weighted by atomic mass is 16.2. The van der Waals surface area contributed by atoms with Gasteiger partial charge in [-0.1, -0.05) is 30.0 Å². The Hall–Kier alpha value is -2.72. The van der Waals surface area contributed by atoms with E-state index in [0.717, 1.165) is 11.1 Å². The van der Waals surface area contributed by atoms with E-state index in [0.29, 0.717) is 13.0 Å². The maximum Gasteiger partial charge on any atom is 0.242 e. The summed E-state index contributed by atoms with van der Waals surface area (Å²) in [6.45, 7) is 0.494. The average Bonchev–Trinajstić information content (AvgIpc) is 2.99. The molecule has 0 spiro atoms. The van der Waals surface area contributed by atoms with Gasteiger partial charge in [0.15, 0.2) is 0 Å². The van der Waals surface area contributed by atoms with Crippen molar-refractivity contribution in [3.05, 3.63) is 41.7 Å². The minimum absolute atomic E-state index is 0.0395. The second-order valence-corrected chi connectivity index (χ2v) is 4.22. The summed E-state index contributed by atoms with van der Waals surface area (Å²) in [6.07, 6.45) is 1.81. The molecule has 0 saturated carbocycles. The molecule has 2 N–H and O–H groups in total. The van der Waals surface area contributed by atoms with Gasteiger partial charge in [0.05, 0.1) is 6.61 Å². The third-order valence-corrected chi connectivity index (χ3v) is 2.65. The van der Waals surface area contributed by atoms with Crippen molar-refractivity contribution in [3.63, 3.8) is 0 Å². The van der Waals surface area contributed by atoms with Crippen LogP contribution >= 0.6 is 0 Å². The van der Waals surface area contributed by atoms with E-state index in [9.17, 15) is 4.79 Å². The number of carbonyl (C=O) groups is 1. The lowest BCUT2D eigenvalue weighted by molar-refractivity contribution is -0.122. The summed E-state index contributed by atoms with van der Waals surface area (Å²) in [5.41, 5.74) is 1.77. The predicted octanol–water partition coefficient (Wildman–Crippen LogP) is -0.277. The largest absolute Gasteiger partial charge is 0.395 e. The zero-order valence-electron chi connectivity index (χ0n) is 11.4. The number of carbonyl (C=O) groups excluding carboxylic acids is 1. The fourth-order valence-corrected chi connectivity index (χ4v) is 1.66. The van der Waals surface area contributed by atoms with Crippen LogP contribution in [0.4, 0.5) is 0 Å². The minimum atomic E-state index is -0.180. The Kier molecular flexibility index (Phi) is 5.43. The zero-order chi connectivity index (χ0) is 14.9. The van der Waals surface area contributed by atoms with E-state index >= 15 is 0 Å². The molecule has 0 atom stereocenters. The Morgan fingerprint density at radius 2 is 2.24 bits per heavy atom. The minimum Gasteiger partial charge on any atom is -0.395 e. The molecule has 21 heavy (non-hydrogen) atoms. The summed E-state index contributed by atoms with van der Waals surface area (Å²) < 4.78 is 1.35. The van der Waals surface area contributed by atoms with E-state index in [4.69, 9.17) is 5.11 Å². The SMILES string of the molecule is O=C(Cn1cnnn1)NCc1ccccc1C#CCCO. The third kappa shape index (κ3) is 4.71. The monoisotopic (exact) mass is 285 g/mol. The van der Waals surface area contributed by atoms with Crippen molar-refractivity contribution in [2.45, 2.75) is 19.5 Å². The molecule has 0 radical (unpaired) electrons. The number of benzene rings is 1. The molecule has 1 aromatic heterocycles. The summed E-state index contributed by atoms with van der Waals surface area (Å²) in [5, 5.41) is 22.1. The Bertz CT molecular complexity index is 643. The van der Waals surface area contributed by atoms with Crippen LogP contribution in [0.2, 0.25) is 0 Å². The second-order valence-electron chi connectivity index (χ2n) is 4.22. The van der Waals surface area contributed by atoms with E-state index in [2.05, 4.69) is 32.7 Å². The first-order valence-corrected chi connectivity index (χ1v) is 6.44. The van der Waals surface area contributed by atoms with E-state index in [1.165, 1.54) is 11.0 Å². The molecule has 7 heteroatoms. The van der Waals surface area contributed by atoms with Gasteiger partial charge in [-0.2, -0.15) is 0 Å². The summed E-state index contributed by atoms with van der Waals surface area (Å²) in [4.78, 5) is 11.8. The topological polar surface area (TPSA) is 92.9 Å². The van der Waals surface area contributed by atoms with E-state index < -0.39 is 0 Å². The fraction of sp³-hybridized carbons (Fsp3) is 0.286. The molecule has 0 aliphatic heterocycles. The van der Waals surface area contributed by atoms with Crippen molar-refractivity contribution in [2.75, 3.05) is 6.61 Å². The lowest BCUT2D eigenvalue weighted by atomic mass is 10.1. The van der Waals surface area contributed by atoms with Crippen molar-refractivity contribution >= 4 is 5.91 Å². The quantitative estimate of drug-likeness (QED) is 0.737. The summed E-state index contributed by atoms with van der Waals surface area (Å²) in [6, 6.07) is 7.56. The Balaban J connectivity index is 1.94. The van der Waals surface area contributed by atoms with Crippen LogP contribution in [0, 0.1) is 11.8 Å². The van der Waals surface area contributed by atoms with Gasteiger partial charge in [0.1, 0.15) is 12.9 Å². The molecular weight excluding hydrogens is 270 g/mol. The van der Waals surface area contributed by atoms with Crippen LogP contribution in [0.1, 0.15) is 17.5 Å². The van der Waals surface area contributed by atoms with Gasteiger partial charge in [-0.05, 0) is 22.1 Å². The van der Waals surface area contributed by atoms with Gasteiger partial charge in [0, 0.05) is 18.5 Å². The van der Waals surface area contributed by atoms with Crippen LogP contribution in [-0.4, -0.2) is 37.8 Å². The molecule has 0 fully saturated rings. The summed E-state index contributed by atoms with van der Waals surface area (Å²) in [7, 11) is 0. The predicted molar refractivity (Wildman–Crippen MR) is 74.7 cm³/mol. The molecule has 1 aromatic carbocycles. The van der Waals surface area contributed by atoms with Crippen molar-refractivity contribution in [2.24, 2.45) is 0 Å². The number of nitrogens with one attached hydrogen (secondary N) is 1. The molecule has 0 saturated heterocycles. The summed E-state index contributed by atoms with van der Waals surface area (Å²) >= 11 is 0. The molecule has 2 aromatic rings. The van der Waals surface area contributed by atoms with Crippen LogP contribution in [0.5, 0.6) is 0 Å². The Labute approximate surface area is 122 Å². The number of amides is 1. The van der Waals surface area contributed by atoms with Crippen LogP contribution < -0.4 is 5.32 Å². The molecular formula is C14H15N5O2. The average molecular weight is 285 g/mol. The lowest BCUT2D eigenvalue weighted by Gasteiger charge is -2.07. The Morgan fingerprint density at radius 1 is 1.38 bits per heavy atom. The zero-order valence-corrected chi connectivity index (χ0v) is 11.4. The number of nitrogens with zero attached hydrogens (tertiary/aromatic N) is 4. The highest BCUT2D eigenvalue weighted by Crippen LogP contribution is 2.07. The molecule has 0 unspecified atom stereocenters. The standard InChI is InChI=1S/C14H15N5O2/c20-8-4-3-6-12-5-1-2-7-13(12)9-15-14(21)10-19-11-16-17-18-19/h1-2,5,7,11,20H,4,8-10H2,(H,15,21). The number of rotatable bonds is 5. The smallest absolute Gasteiger partial charge is 0.242 e. The molecule has 2 rings (SSSR count). The number of tetrazole rings is 1. The number of hydrogen-bond acceptors (Lipinski definition) is 5. The van der Waals surface area contributed by atoms with Gasteiger partial charge >= 0.3 is 0 Å². The molecule has 0 aliphatic carbocycles. The van der Waals surface area contributed by atoms with E-state index in [-0.39, 0.29) is 19.1 Å². The molecule has 1 amide bonds. The van der Waals surface area contributed by atoms with Gasteiger partial charge in [-0.25, -0.2) is 4.68 Å². The van der Waals surface area contributed by atoms with Crippen molar-refractivity contribution in [1.29, 1.82) is 0 Å². The van der Waals surface area contributed by atoms with Gasteiger partial charge < -0.3 is 10.4 Å². The van der Waals surface area contributed by atoms with Gasteiger partial charge in [0.2, 0.25) is 5.91 Å². The third-order valence-electron chi connectivity index (χ3n) is 2.65. The van der Waals surface area contributed by atoms with Crippen LogP contribution in [0.3, 0.4) is 0 Å². The van der Waals surface area contributed by atoms with Crippen LogP contribution in [0.15, 0.2) is 30.6 Å². The number of aromatic nitrogens is 4. The van der Waals surface area contributed by atoms with Crippen LogP contribution in [0.25, 0.3) is 0 Å². The van der Waals surface area contributed by atoms with Gasteiger partial charge in [-0.3, -0.25) is 4.79 Å². The highest BCUT2D eigenvalue weighted by Gasteiger charge is 2.05. The van der Waals surface area contributed by atoms with E-state index in [1.54, 1.807) is 0 Å².